The smallest absolute Gasteiger partial charge is 0.163 e. The monoisotopic (exact) mass is 414 g/mol. The molecule has 0 unspecified atom stereocenters. The molecule has 1 aromatic heterocycles. The molecule has 0 bridgehead atoms. The van der Waals surface area contributed by atoms with Gasteiger partial charge in [-0.3, -0.25) is 9.48 Å². The summed E-state index contributed by atoms with van der Waals surface area (Å²) in [7, 11) is 0. The number of aromatic nitrogens is 2. The van der Waals surface area contributed by atoms with Crippen molar-refractivity contribution in [2.24, 2.45) is 0 Å². The third-order valence-corrected chi connectivity index (χ3v) is 4.66. The molecule has 0 aliphatic carbocycles. The third-order valence-electron chi connectivity index (χ3n) is 3.14. The van der Waals surface area contributed by atoms with Gasteiger partial charge in [0.15, 0.2) is 5.78 Å². The quantitative estimate of drug-likeness (QED) is 0.674. The Bertz CT molecular complexity index is 681. The van der Waals surface area contributed by atoms with Gasteiger partial charge >= 0.3 is 0 Å². The molecule has 21 heavy (non-hydrogen) atoms. The van der Waals surface area contributed by atoms with Crippen molar-refractivity contribution in [1.82, 2.24) is 9.78 Å². The Hall–Kier alpha value is -1.14. The summed E-state index contributed by atoms with van der Waals surface area (Å²) in [5.41, 5.74) is 2.47. The van der Waals surface area contributed by atoms with Crippen molar-refractivity contribution in [2.45, 2.75) is 33.9 Å². The van der Waals surface area contributed by atoms with Gasteiger partial charge in [0.25, 0.3) is 0 Å². The summed E-state index contributed by atoms with van der Waals surface area (Å²) in [4.78, 5) is 11.7. The number of nitrogens with zero attached hydrogens (tertiary/aromatic N) is 2. The standard InChI is InChI=1S/C15H16Br2N2O2/c1-4-19-13(15(17)9(2)18-19)8-21-14-7-11(16)5-6-12(14)10(3)20/h5-7H,4,8H2,1-3H3. The first-order valence-electron chi connectivity index (χ1n) is 6.59. The predicted octanol–water partition coefficient (Wildman–Crippen LogP) is 4.52. The van der Waals surface area contributed by atoms with Crippen molar-refractivity contribution >= 4 is 37.6 Å². The van der Waals surface area contributed by atoms with Crippen molar-refractivity contribution in [1.29, 1.82) is 0 Å². The summed E-state index contributed by atoms with van der Waals surface area (Å²) >= 11 is 6.94. The van der Waals surface area contributed by atoms with E-state index in [1.807, 2.05) is 30.7 Å². The minimum Gasteiger partial charge on any atom is -0.486 e. The largest absolute Gasteiger partial charge is 0.486 e. The van der Waals surface area contributed by atoms with E-state index in [2.05, 4.69) is 37.0 Å². The van der Waals surface area contributed by atoms with Gasteiger partial charge < -0.3 is 4.74 Å². The van der Waals surface area contributed by atoms with Crippen LogP contribution in [0.15, 0.2) is 27.1 Å². The molecule has 1 aromatic carbocycles. The number of carbonyl (C=O) groups excluding carboxylic acids is 1. The number of hydrogen-bond donors (Lipinski definition) is 0. The van der Waals surface area contributed by atoms with Crippen molar-refractivity contribution in [3.8, 4) is 5.75 Å². The second-order valence-corrected chi connectivity index (χ2v) is 6.36. The highest BCUT2D eigenvalue weighted by atomic mass is 79.9. The van der Waals surface area contributed by atoms with Gasteiger partial charge in [0, 0.05) is 11.0 Å². The maximum absolute atomic E-state index is 11.7. The Labute approximate surface area is 140 Å². The SMILES string of the molecule is CCn1nc(C)c(Br)c1COc1cc(Br)ccc1C(C)=O. The number of benzene rings is 1. The topological polar surface area (TPSA) is 44.1 Å². The summed E-state index contributed by atoms with van der Waals surface area (Å²) in [6.45, 7) is 6.63. The van der Waals surface area contributed by atoms with Crippen LogP contribution in [0.3, 0.4) is 0 Å². The molecule has 0 atom stereocenters. The summed E-state index contributed by atoms with van der Waals surface area (Å²) in [6.07, 6.45) is 0. The van der Waals surface area contributed by atoms with Crippen molar-refractivity contribution < 1.29 is 9.53 Å². The number of Topliss-reactive ketones (excluding diaryl/α,β-unsaturated/α-hetero) is 1. The summed E-state index contributed by atoms with van der Waals surface area (Å²) < 4.78 is 9.58. The van der Waals surface area contributed by atoms with Gasteiger partial charge in [-0.15, -0.1) is 0 Å². The number of ether oxygens (including phenoxy) is 1. The molecule has 0 aliphatic rings. The molecule has 1 heterocycles. The van der Waals surface area contributed by atoms with Gasteiger partial charge in [-0.1, -0.05) is 15.9 Å². The molecule has 0 N–H and O–H groups in total. The first-order chi connectivity index (χ1) is 9.93. The van der Waals surface area contributed by atoms with Crippen molar-refractivity contribution in [2.75, 3.05) is 0 Å². The molecule has 0 radical (unpaired) electrons. The normalized spacial score (nSPS) is 10.7. The number of hydrogen-bond acceptors (Lipinski definition) is 3. The third kappa shape index (κ3) is 3.55. The van der Waals surface area contributed by atoms with Crippen LogP contribution in [0, 0.1) is 6.92 Å². The van der Waals surface area contributed by atoms with Crippen LogP contribution in [0.4, 0.5) is 0 Å². The maximum Gasteiger partial charge on any atom is 0.163 e. The maximum atomic E-state index is 11.7. The molecule has 0 fully saturated rings. The van der Waals surface area contributed by atoms with Crippen LogP contribution in [0.2, 0.25) is 0 Å². The highest BCUT2D eigenvalue weighted by Gasteiger charge is 2.15. The van der Waals surface area contributed by atoms with Crippen LogP contribution >= 0.6 is 31.9 Å². The van der Waals surface area contributed by atoms with E-state index in [0.29, 0.717) is 17.9 Å². The zero-order valence-corrected chi connectivity index (χ0v) is 15.3. The number of halogens is 2. The van der Waals surface area contributed by atoms with Crippen molar-refractivity contribution in [3.05, 3.63) is 44.1 Å². The lowest BCUT2D eigenvalue weighted by molar-refractivity contribution is 0.101. The van der Waals surface area contributed by atoms with E-state index in [4.69, 9.17) is 4.74 Å². The fraction of sp³-hybridized carbons (Fsp3) is 0.333. The Balaban J connectivity index is 2.28. The van der Waals surface area contributed by atoms with Gasteiger partial charge in [-0.2, -0.15) is 5.10 Å². The van der Waals surface area contributed by atoms with Crippen LogP contribution in [0.5, 0.6) is 5.75 Å². The van der Waals surface area contributed by atoms with Gasteiger partial charge in [0.05, 0.1) is 21.4 Å². The number of carbonyl (C=O) groups is 1. The molecule has 4 nitrogen and oxygen atoms in total. The summed E-state index contributed by atoms with van der Waals surface area (Å²) in [5, 5.41) is 4.43. The van der Waals surface area contributed by atoms with Gasteiger partial charge in [0.2, 0.25) is 0 Å². The molecule has 2 aromatic rings. The fourth-order valence-corrected chi connectivity index (χ4v) is 2.80. The first-order valence-corrected chi connectivity index (χ1v) is 8.17. The number of ketones is 1. The fourth-order valence-electron chi connectivity index (χ4n) is 2.06. The van der Waals surface area contributed by atoms with Crippen LogP contribution in [0.25, 0.3) is 0 Å². The van der Waals surface area contributed by atoms with Crippen molar-refractivity contribution in [3.63, 3.8) is 0 Å². The van der Waals surface area contributed by atoms with E-state index in [0.717, 1.165) is 26.9 Å². The lowest BCUT2D eigenvalue weighted by atomic mass is 10.1. The zero-order valence-electron chi connectivity index (χ0n) is 12.1. The lowest BCUT2D eigenvalue weighted by Crippen LogP contribution is -2.08. The van der Waals surface area contributed by atoms with E-state index in [9.17, 15) is 4.79 Å². The van der Waals surface area contributed by atoms with Crippen LogP contribution in [-0.2, 0) is 13.2 Å². The highest BCUT2D eigenvalue weighted by molar-refractivity contribution is 9.10. The number of rotatable bonds is 5. The van der Waals surface area contributed by atoms with E-state index in [-0.39, 0.29) is 5.78 Å². The van der Waals surface area contributed by atoms with E-state index >= 15 is 0 Å². The number of aryl methyl sites for hydroxylation is 2. The van der Waals surface area contributed by atoms with E-state index < -0.39 is 0 Å². The zero-order chi connectivity index (χ0) is 15.6. The van der Waals surface area contributed by atoms with Gasteiger partial charge in [-0.25, -0.2) is 0 Å². The molecule has 0 saturated heterocycles. The van der Waals surface area contributed by atoms with Crippen LogP contribution in [-0.4, -0.2) is 15.6 Å². The predicted molar refractivity (Wildman–Crippen MR) is 88.8 cm³/mol. The average Bonchev–Trinajstić information content (AvgIpc) is 2.71. The van der Waals surface area contributed by atoms with E-state index in [1.165, 1.54) is 6.92 Å². The Morgan fingerprint density at radius 3 is 2.71 bits per heavy atom. The Kier molecular flexibility index (Phi) is 5.22. The molecule has 0 saturated carbocycles. The molecule has 112 valence electrons. The van der Waals surface area contributed by atoms with Gasteiger partial charge in [-0.05, 0) is 54.9 Å². The second-order valence-electron chi connectivity index (χ2n) is 4.65. The lowest BCUT2D eigenvalue weighted by Gasteiger charge is -2.11. The Morgan fingerprint density at radius 1 is 1.38 bits per heavy atom. The Morgan fingerprint density at radius 2 is 2.10 bits per heavy atom. The highest BCUT2D eigenvalue weighted by Crippen LogP contribution is 2.27. The summed E-state index contributed by atoms with van der Waals surface area (Å²) in [5.74, 6) is 0.557. The van der Waals surface area contributed by atoms with Gasteiger partial charge in [0.1, 0.15) is 12.4 Å². The summed E-state index contributed by atoms with van der Waals surface area (Å²) in [6, 6.07) is 5.41. The molecule has 0 aliphatic heterocycles. The second kappa shape index (κ2) is 6.75. The molecular weight excluding hydrogens is 400 g/mol. The molecule has 6 heteroatoms. The molecular formula is C15H16Br2N2O2. The van der Waals surface area contributed by atoms with E-state index in [1.54, 1.807) is 6.07 Å². The van der Waals surface area contributed by atoms with Crippen LogP contribution < -0.4 is 4.74 Å². The molecule has 0 spiro atoms. The first kappa shape index (κ1) is 16.2. The minimum atomic E-state index is -0.0169. The van der Waals surface area contributed by atoms with Crippen LogP contribution in [0.1, 0.15) is 35.6 Å². The average molecular weight is 416 g/mol. The molecule has 0 amide bonds. The minimum absolute atomic E-state index is 0.0169. The molecule has 2 rings (SSSR count).